The van der Waals surface area contributed by atoms with Crippen LogP contribution in [0.25, 0.3) is 10.9 Å². The molecule has 7 rings (SSSR count). The van der Waals surface area contributed by atoms with Gasteiger partial charge in [0.05, 0.1) is 11.7 Å². The minimum atomic E-state index is -0.662. The normalized spacial score (nSPS) is 20.8. The molecule has 1 atom stereocenters. The number of fused-ring (bicyclic) bond motifs is 2. The van der Waals surface area contributed by atoms with E-state index in [4.69, 9.17) is 0 Å². The number of likely N-dealkylation sites (tertiary alicyclic amines) is 3. The summed E-state index contributed by atoms with van der Waals surface area (Å²) < 4.78 is 0. The Morgan fingerprint density at radius 1 is 0.935 bits per heavy atom. The third kappa shape index (κ3) is 6.42. The van der Waals surface area contributed by atoms with Crippen LogP contribution in [0.2, 0.25) is 0 Å². The molecule has 3 fully saturated rings. The number of hydrogen-bond acceptors (Lipinski definition) is 5. The van der Waals surface area contributed by atoms with E-state index in [1.54, 1.807) is 11.1 Å². The predicted molar refractivity (Wildman–Crippen MR) is 177 cm³/mol. The summed E-state index contributed by atoms with van der Waals surface area (Å²) in [6.07, 6.45) is 9.43. The van der Waals surface area contributed by atoms with Crippen molar-refractivity contribution in [2.45, 2.75) is 83.0 Å². The molecule has 3 saturated heterocycles. The molecule has 4 aliphatic heterocycles. The summed E-state index contributed by atoms with van der Waals surface area (Å²) in [7, 11) is 0. The van der Waals surface area contributed by atoms with Crippen molar-refractivity contribution in [3.05, 3.63) is 59.3 Å². The van der Waals surface area contributed by atoms with Crippen LogP contribution in [-0.2, 0) is 17.8 Å². The number of aryl methyl sites for hydroxylation is 1. The second-order valence-electron chi connectivity index (χ2n) is 13.5. The Hall–Kier alpha value is -4.12. The van der Waals surface area contributed by atoms with Gasteiger partial charge in [0.1, 0.15) is 6.04 Å². The molecule has 11 heteroatoms. The van der Waals surface area contributed by atoms with Gasteiger partial charge in [-0.25, -0.2) is 9.59 Å². The fourth-order valence-corrected chi connectivity index (χ4v) is 7.96. The van der Waals surface area contributed by atoms with E-state index < -0.39 is 6.04 Å². The molecular weight excluding hydrogens is 580 g/mol. The number of hydrogen-bond donors (Lipinski definition) is 3. The standard InChI is InChI=1S/C35H46N8O3/c1-24-19-25(20-27-22-36-39-32(24)27)21-31(33(44)41-15-9-28(10-16-41)40-13-5-2-6-14-40)38-34(45)42-17-11-29(12-18-42)43-23-26-7-3-4-8-30(26)37-35(43)46/h3-4,7-8,19-20,22,28-29,31H,2,5-6,9-18,21,23H2,1H3,(H,36,39)(H,37,46)(H,38,45)/t31-/m0/s1. The van der Waals surface area contributed by atoms with Gasteiger partial charge >= 0.3 is 12.1 Å². The topological polar surface area (TPSA) is 117 Å². The predicted octanol–water partition coefficient (Wildman–Crippen LogP) is 4.48. The number of nitrogens with one attached hydrogen (secondary N) is 3. The average molecular weight is 627 g/mol. The Morgan fingerprint density at radius 3 is 2.43 bits per heavy atom. The van der Waals surface area contributed by atoms with Crippen LogP contribution in [-0.4, -0.2) is 105 Å². The van der Waals surface area contributed by atoms with Gasteiger partial charge in [-0.1, -0.05) is 30.7 Å². The lowest BCUT2D eigenvalue weighted by Gasteiger charge is -2.42. The van der Waals surface area contributed by atoms with Crippen molar-refractivity contribution in [1.29, 1.82) is 0 Å². The van der Waals surface area contributed by atoms with Gasteiger partial charge in [0, 0.05) is 62.3 Å². The van der Waals surface area contributed by atoms with Crippen molar-refractivity contribution in [2.24, 2.45) is 0 Å². The van der Waals surface area contributed by atoms with Crippen molar-refractivity contribution >= 4 is 34.6 Å². The number of anilines is 1. The van der Waals surface area contributed by atoms with E-state index >= 15 is 0 Å². The second kappa shape index (κ2) is 13.3. The maximum atomic E-state index is 14.1. The fourth-order valence-electron chi connectivity index (χ4n) is 7.96. The Bertz CT molecular complexity index is 1570. The highest BCUT2D eigenvalue weighted by Crippen LogP contribution is 2.28. The number of rotatable bonds is 6. The molecule has 0 spiro atoms. The first-order valence-corrected chi connectivity index (χ1v) is 17.1. The number of carbonyl (C=O) groups is 3. The fraction of sp³-hybridized carbons (Fsp3) is 0.543. The van der Waals surface area contributed by atoms with E-state index in [0.29, 0.717) is 44.9 Å². The molecule has 46 heavy (non-hydrogen) atoms. The summed E-state index contributed by atoms with van der Waals surface area (Å²) in [6.45, 7) is 7.45. The summed E-state index contributed by atoms with van der Waals surface area (Å²) in [5.41, 5.74) is 5.03. The summed E-state index contributed by atoms with van der Waals surface area (Å²) in [4.78, 5) is 49.0. The molecule has 0 aliphatic carbocycles. The van der Waals surface area contributed by atoms with Crippen molar-refractivity contribution in [2.75, 3.05) is 44.6 Å². The van der Waals surface area contributed by atoms with Gasteiger partial charge in [-0.15, -0.1) is 0 Å². The van der Waals surface area contributed by atoms with Crippen LogP contribution in [0, 0.1) is 6.92 Å². The average Bonchev–Trinajstić information content (AvgIpc) is 3.57. The van der Waals surface area contributed by atoms with Crippen LogP contribution in [0.15, 0.2) is 42.6 Å². The molecule has 3 aromatic rings. The van der Waals surface area contributed by atoms with Crippen LogP contribution in [0.4, 0.5) is 15.3 Å². The van der Waals surface area contributed by atoms with Crippen molar-refractivity contribution in [1.82, 2.24) is 35.1 Å². The highest BCUT2D eigenvalue weighted by atomic mass is 16.2. The zero-order chi connectivity index (χ0) is 31.6. The van der Waals surface area contributed by atoms with Crippen molar-refractivity contribution < 1.29 is 14.4 Å². The number of nitrogens with zero attached hydrogens (tertiary/aromatic N) is 5. The van der Waals surface area contributed by atoms with Gasteiger partial charge in [-0.2, -0.15) is 5.10 Å². The van der Waals surface area contributed by atoms with Gasteiger partial charge in [-0.3, -0.25) is 9.89 Å². The number of benzene rings is 2. The highest BCUT2D eigenvalue weighted by Gasteiger charge is 2.35. The van der Waals surface area contributed by atoms with Crippen LogP contribution in [0.5, 0.6) is 0 Å². The molecule has 4 aliphatic rings. The number of carbonyl (C=O) groups excluding carboxylic acids is 3. The van der Waals surface area contributed by atoms with E-state index in [1.807, 2.05) is 41.0 Å². The summed E-state index contributed by atoms with van der Waals surface area (Å²) in [5, 5.41) is 14.4. The molecule has 2 aromatic carbocycles. The van der Waals surface area contributed by atoms with E-state index in [2.05, 4.69) is 37.9 Å². The van der Waals surface area contributed by atoms with Crippen LogP contribution < -0.4 is 10.6 Å². The molecule has 0 bridgehead atoms. The summed E-state index contributed by atoms with van der Waals surface area (Å²) in [5.74, 6) is -0.00562. The summed E-state index contributed by atoms with van der Waals surface area (Å²) in [6, 6.07) is 11.7. The molecule has 0 saturated carbocycles. The number of urea groups is 2. The highest BCUT2D eigenvalue weighted by molar-refractivity contribution is 5.92. The minimum Gasteiger partial charge on any atom is -0.341 e. The number of piperidine rings is 3. The Balaban J connectivity index is 1.01. The van der Waals surface area contributed by atoms with Gasteiger partial charge in [0.25, 0.3) is 0 Å². The Kier molecular flexibility index (Phi) is 8.84. The molecule has 1 aromatic heterocycles. The number of aromatic nitrogens is 2. The lowest BCUT2D eigenvalue weighted by atomic mass is 9.97. The maximum absolute atomic E-state index is 14.1. The summed E-state index contributed by atoms with van der Waals surface area (Å²) >= 11 is 0. The third-order valence-electron chi connectivity index (χ3n) is 10.6. The lowest BCUT2D eigenvalue weighted by molar-refractivity contribution is -0.134. The quantitative estimate of drug-likeness (QED) is 0.373. The number of H-pyrrole nitrogens is 1. The zero-order valence-electron chi connectivity index (χ0n) is 26.8. The lowest BCUT2D eigenvalue weighted by Crippen LogP contribution is -2.57. The Labute approximate surface area is 270 Å². The van der Waals surface area contributed by atoms with Gasteiger partial charge in [0.15, 0.2) is 0 Å². The van der Waals surface area contributed by atoms with E-state index in [-0.39, 0.29) is 24.0 Å². The first kappa shape index (κ1) is 30.5. The zero-order valence-corrected chi connectivity index (χ0v) is 26.8. The largest absolute Gasteiger partial charge is 0.341 e. The molecule has 5 amide bonds. The molecule has 3 N–H and O–H groups in total. The molecule has 11 nitrogen and oxygen atoms in total. The smallest absolute Gasteiger partial charge is 0.322 e. The van der Waals surface area contributed by atoms with E-state index in [1.165, 1.54) is 32.4 Å². The number of aromatic amines is 1. The molecule has 244 valence electrons. The second-order valence-corrected chi connectivity index (χ2v) is 13.5. The third-order valence-corrected chi connectivity index (χ3v) is 10.6. The van der Waals surface area contributed by atoms with Crippen LogP contribution >= 0.6 is 0 Å². The van der Waals surface area contributed by atoms with Crippen LogP contribution in [0.3, 0.4) is 0 Å². The SMILES string of the molecule is Cc1cc(C[C@H](NC(=O)N2CCC(N3Cc4ccccc4NC3=O)CC2)C(=O)N2CCC(N3CCCCC3)CC2)cc2cn[nH]c12. The Morgan fingerprint density at radius 2 is 1.65 bits per heavy atom. The molecule has 5 heterocycles. The van der Waals surface area contributed by atoms with Crippen molar-refractivity contribution in [3.8, 4) is 0 Å². The van der Waals surface area contributed by atoms with Gasteiger partial charge < -0.3 is 30.2 Å². The van der Waals surface area contributed by atoms with E-state index in [0.717, 1.165) is 59.2 Å². The van der Waals surface area contributed by atoms with Crippen LogP contribution in [0.1, 0.15) is 61.6 Å². The first-order chi connectivity index (χ1) is 22.4. The monoisotopic (exact) mass is 626 g/mol. The maximum Gasteiger partial charge on any atom is 0.322 e. The number of para-hydroxylation sites is 1. The minimum absolute atomic E-state index is 0.00562. The molecular formula is C35H46N8O3. The van der Waals surface area contributed by atoms with Crippen molar-refractivity contribution in [3.63, 3.8) is 0 Å². The van der Waals surface area contributed by atoms with Gasteiger partial charge in [0.2, 0.25) is 5.91 Å². The van der Waals surface area contributed by atoms with Gasteiger partial charge in [-0.05, 0) is 87.4 Å². The molecule has 0 unspecified atom stereocenters. The number of amides is 5. The van der Waals surface area contributed by atoms with E-state index in [9.17, 15) is 14.4 Å². The first-order valence-electron chi connectivity index (χ1n) is 17.1. The molecule has 0 radical (unpaired) electrons.